The topological polar surface area (TPSA) is 156 Å². The van der Waals surface area contributed by atoms with Gasteiger partial charge in [-0.3, -0.25) is 19.2 Å². The predicted octanol–water partition coefficient (Wildman–Crippen LogP) is 2.51. The lowest BCUT2D eigenvalue weighted by atomic mass is 9.70. The largest absolute Gasteiger partial charge is 0.463 e. The van der Waals surface area contributed by atoms with E-state index in [1.54, 1.807) is 16.8 Å². The number of carbonyl (C=O) groups is 4. The predicted molar refractivity (Wildman–Crippen MR) is 182 cm³/mol. The number of alkyl halides is 1. The maximum absolute atomic E-state index is 14.6. The van der Waals surface area contributed by atoms with Crippen molar-refractivity contribution in [3.05, 3.63) is 85.5 Å². The van der Waals surface area contributed by atoms with E-state index >= 15 is 0 Å². The minimum Gasteiger partial charge on any atom is -0.463 e. The molecule has 2 bridgehead atoms. The van der Waals surface area contributed by atoms with E-state index in [0.29, 0.717) is 18.4 Å². The van der Waals surface area contributed by atoms with E-state index in [4.69, 9.17) is 9.47 Å². The number of benzene rings is 2. The van der Waals surface area contributed by atoms with Gasteiger partial charge < -0.3 is 29.7 Å². The SMILES string of the molecule is C=CCCC(=O)OC[C@@H](NC(=O)[C@@H]1[C@H]2O[C@@]3(CC2Br)[C@H](C(=O)N(CC=C)Cn2nnc4ccccc42)N(CCO)C(=O)[C@@H]13)c1ccccc1. The summed E-state index contributed by atoms with van der Waals surface area (Å²) in [6, 6.07) is 14.7. The third-order valence-electron chi connectivity index (χ3n) is 9.53. The number of allylic oxidation sites excluding steroid dienone is 1. The fourth-order valence-electron chi connectivity index (χ4n) is 7.43. The molecule has 14 heteroatoms. The Bertz CT molecular complexity index is 1740. The van der Waals surface area contributed by atoms with Gasteiger partial charge in [-0.1, -0.05) is 75.8 Å². The van der Waals surface area contributed by atoms with Crippen molar-refractivity contribution in [2.75, 3.05) is 26.3 Å². The number of rotatable bonds is 15. The molecular weight excluding hydrogens is 696 g/mol. The van der Waals surface area contributed by atoms with Crippen LogP contribution in [0.25, 0.3) is 11.0 Å². The van der Waals surface area contributed by atoms with Crippen molar-refractivity contribution in [1.82, 2.24) is 30.1 Å². The normalized spacial score (nSPS) is 26.0. The second-order valence-corrected chi connectivity index (χ2v) is 13.6. The highest BCUT2D eigenvalue weighted by Crippen LogP contribution is 2.60. The maximum Gasteiger partial charge on any atom is 0.306 e. The second kappa shape index (κ2) is 14.6. The van der Waals surface area contributed by atoms with Crippen LogP contribution in [0.3, 0.4) is 0 Å². The van der Waals surface area contributed by atoms with Crippen LogP contribution in [0.2, 0.25) is 0 Å². The number of halogens is 1. The van der Waals surface area contributed by atoms with Gasteiger partial charge in [0, 0.05) is 24.3 Å². The summed E-state index contributed by atoms with van der Waals surface area (Å²) in [4.78, 5) is 58.0. The number of fused-ring (bicyclic) bond motifs is 2. The van der Waals surface area contributed by atoms with Gasteiger partial charge in [-0.05, 0) is 30.5 Å². The number of aliphatic hydroxyl groups is 1. The van der Waals surface area contributed by atoms with E-state index in [9.17, 15) is 24.3 Å². The van der Waals surface area contributed by atoms with Gasteiger partial charge in [0.2, 0.25) is 17.7 Å². The summed E-state index contributed by atoms with van der Waals surface area (Å²) >= 11 is 3.69. The van der Waals surface area contributed by atoms with Crippen molar-refractivity contribution < 1.29 is 33.8 Å². The molecule has 2 N–H and O–H groups in total. The number of hydrogen-bond acceptors (Lipinski definition) is 9. The van der Waals surface area contributed by atoms with Crippen LogP contribution < -0.4 is 5.32 Å². The molecule has 1 aromatic heterocycles. The molecule has 0 saturated carbocycles. The van der Waals surface area contributed by atoms with E-state index in [0.717, 1.165) is 11.1 Å². The highest BCUT2D eigenvalue weighted by molar-refractivity contribution is 9.09. The molecule has 3 aromatic rings. The summed E-state index contributed by atoms with van der Waals surface area (Å²) in [5, 5.41) is 21.5. The second-order valence-electron chi connectivity index (χ2n) is 12.5. The number of β-amino-alcohol motifs (C(OH)–C–C–N with tert-alkyl or cyclic N) is 1. The zero-order chi connectivity index (χ0) is 34.7. The van der Waals surface area contributed by atoms with Crippen molar-refractivity contribution in [3.63, 3.8) is 0 Å². The lowest BCUT2D eigenvalue weighted by molar-refractivity contribution is -0.149. The van der Waals surface area contributed by atoms with E-state index in [-0.39, 0.29) is 37.6 Å². The van der Waals surface area contributed by atoms with E-state index in [1.165, 1.54) is 9.80 Å². The number of ether oxygens (including phenoxy) is 2. The first kappa shape index (κ1) is 34.5. The van der Waals surface area contributed by atoms with Crippen molar-refractivity contribution >= 4 is 50.7 Å². The maximum atomic E-state index is 14.6. The average molecular weight is 736 g/mol. The Kier molecular flexibility index (Phi) is 10.3. The van der Waals surface area contributed by atoms with E-state index in [1.807, 2.05) is 54.6 Å². The van der Waals surface area contributed by atoms with Gasteiger partial charge in [0.05, 0.1) is 36.1 Å². The van der Waals surface area contributed by atoms with Crippen LogP contribution in [-0.4, -0.2) is 102 Å². The van der Waals surface area contributed by atoms with Gasteiger partial charge in [0.1, 0.15) is 30.4 Å². The van der Waals surface area contributed by atoms with Crippen LogP contribution in [0.4, 0.5) is 0 Å². The highest BCUT2D eigenvalue weighted by atomic mass is 79.9. The molecule has 3 fully saturated rings. The summed E-state index contributed by atoms with van der Waals surface area (Å²) in [5.41, 5.74) is 0.770. The molecule has 258 valence electrons. The van der Waals surface area contributed by atoms with Crippen LogP contribution in [0, 0.1) is 11.8 Å². The fraction of sp³-hybridized carbons (Fsp3) is 0.429. The third kappa shape index (κ3) is 6.40. The lowest BCUT2D eigenvalue weighted by Crippen LogP contribution is -2.57. The molecule has 0 radical (unpaired) electrons. The summed E-state index contributed by atoms with van der Waals surface area (Å²) in [6.07, 6.45) is 3.43. The smallest absolute Gasteiger partial charge is 0.306 e. The Hall–Kier alpha value is -4.40. The molecule has 3 aliphatic rings. The molecule has 4 heterocycles. The van der Waals surface area contributed by atoms with Crippen molar-refractivity contribution in [3.8, 4) is 0 Å². The molecule has 1 spiro atoms. The lowest BCUT2D eigenvalue weighted by Gasteiger charge is -2.37. The van der Waals surface area contributed by atoms with Crippen molar-refractivity contribution in [2.24, 2.45) is 11.8 Å². The average Bonchev–Trinajstić information content (AvgIpc) is 3.83. The van der Waals surface area contributed by atoms with Crippen LogP contribution in [0.5, 0.6) is 0 Å². The van der Waals surface area contributed by atoms with Gasteiger partial charge >= 0.3 is 5.97 Å². The Morgan fingerprint density at radius 1 is 1.16 bits per heavy atom. The molecule has 49 heavy (non-hydrogen) atoms. The van der Waals surface area contributed by atoms with Crippen molar-refractivity contribution in [1.29, 1.82) is 0 Å². The highest BCUT2D eigenvalue weighted by Gasteiger charge is 2.76. The minimum absolute atomic E-state index is 0.0269. The first-order valence-electron chi connectivity index (χ1n) is 16.3. The Labute approximate surface area is 292 Å². The van der Waals surface area contributed by atoms with E-state index < -0.39 is 65.9 Å². The van der Waals surface area contributed by atoms with Gasteiger partial charge in [-0.2, -0.15) is 0 Å². The third-order valence-corrected chi connectivity index (χ3v) is 10.4. The van der Waals surface area contributed by atoms with Crippen LogP contribution >= 0.6 is 15.9 Å². The Balaban J connectivity index is 1.29. The number of amides is 3. The monoisotopic (exact) mass is 734 g/mol. The number of aliphatic hydroxyl groups excluding tert-OH is 1. The molecule has 3 saturated heterocycles. The summed E-state index contributed by atoms with van der Waals surface area (Å²) in [6.45, 7) is 7.01. The molecular formula is C35H39BrN6O7. The molecule has 6 rings (SSSR count). The van der Waals surface area contributed by atoms with Gasteiger partial charge in [0.25, 0.3) is 0 Å². The van der Waals surface area contributed by atoms with Crippen LogP contribution in [-0.2, 0) is 35.3 Å². The van der Waals surface area contributed by atoms with Gasteiger partial charge in [-0.25, -0.2) is 4.68 Å². The van der Waals surface area contributed by atoms with Crippen LogP contribution in [0.15, 0.2) is 79.9 Å². The molecule has 3 amide bonds. The standard InChI is InChI=1S/C35H39BrN6O7/c1-3-5-15-27(44)48-20-25(22-11-7-6-8-12-22)37-32(45)28-29-33(46)41(17-18-43)31(35(29)19-23(36)30(28)49-35)34(47)40(16-4-2)21-42-26-14-10-9-13-24(26)38-39-42/h3-4,6-14,23,25,28-31,43H,1-2,5,15-21H2,(H,37,45)/t23?,25-,28+,29-,30+,31+,35-/m1/s1. The summed E-state index contributed by atoms with van der Waals surface area (Å²) in [5.74, 6) is -3.69. The summed E-state index contributed by atoms with van der Waals surface area (Å²) < 4.78 is 13.7. The van der Waals surface area contributed by atoms with Gasteiger partial charge in [-0.15, -0.1) is 18.3 Å². The molecule has 1 unspecified atom stereocenters. The van der Waals surface area contributed by atoms with Crippen molar-refractivity contribution in [2.45, 2.75) is 54.5 Å². The Morgan fingerprint density at radius 2 is 1.92 bits per heavy atom. The first-order chi connectivity index (χ1) is 23.7. The molecule has 2 aromatic carbocycles. The zero-order valence-corrected chi connectivity index (χ0v) is 28.5. The number of para-hydroxylation sites is 1. The molecule has 0 aliphatic carbocycles. The number of nitrogens with one attached hydrogen (secondary N) is 1. The number of aromatic nitrogens is 3. The molecule has 7 atom stereocenters. The molecule has 13 nitrogen and oxygen atoms in total. The number of carbonyl (C=O) groups excluding carboxylic acids is 4. The summed E-state index contributed by atoms with van der Waals surface area (Å²) in [7, 11) is 0. The minimum atomic E-state index is -1.34. The number of nitrogens with zero attached hydrogens (tertiary/aromatic N) is 5. The first-order valence-corrected chi connectivity index (χ1v) is 17.2. The quantitative estimate of drug-likeness (QED) is 0.136. The Morgan fingerprint density at radius 3 is 2.65 bits per heavy atom. The van der Waals surface area contributed by atoms with Gasteiger partial charge in [0.15, 0.2) is 0 Å². The fourth-order valence-corrected chi connectivity index (χ4v) is 8.37. The van der Waals surface area contributed by atoms with Crippen LogP contribution in [0.1, 0.15) is 30.9 Å². The molecule has 3 aliphatic heterocycles. The number of esters is 1. The zero-order valence-electron chi connectivity index (χ0n) is 26.9. The van der Waals surface area contributed by atoms with E-state index in [2.05, 4.69) is 44.7 Å². The number of likely N-dealkylation sites (tertiary alicyclic amines) is 1. The number of hydrogen-bond donors (Lipinski definition) is 2.